The fourth-order valence-electron chi connectivity index (χ4n) is 6.43. The van der Waals surface area contributed by atoms with Crippen molar-refractivity contribution in [3.05, 3.63) is 40.3 Å². The summed E-state index contributed by atoms with van der Waals surface area (Å²) in [6.07, 6.45) is 9.53. The van der Waals surface area contributed by atoms with E-state index in [9.17, 15) is 9.90 Å². The van der Waals surface area contributed by atoms with Crippen LogP contribution < -0.4 is 10.9 Å². The lowest BCUT2D eigenvalue weighted by Gasteiger charge is -2.41. The van der Waals surface area contributed by atoms with Crippen LogP contribution in [0.25, 0.3) is 21.8 Å². The molecule has 3 heterocycles. The Morgan fingerprint density at radius 3 is 2.59 bits per heavy atom. The molecule has 2 saturated carbocycles. The highest BCUT2D eigenvalue weighted by Crippen LogP contribution is 2.43. The maximum Gasteiger partial charge on any atom is 0.260 e. The molecule has 0 atom stereocenters. The number of aliphatic hydroxyl groups is 1. The average Bonchev–Trinajstić information content (AvgIpc) is 2.90. The first-order valence-electron chi connectivity index (χ1n) is 14.1. The molecule has 0 amide bonds. The lowest BCUT2D eigenvalue weighted by Crippen LogP contribution is -2.36. The number of hydrogen-bond acceptors (Lipinski definition) is 7. The van der Waals surface area contributed by atoms with Gasteiger partial charge in [-0.1, -0.05) is 25.5 Å². The minimum Gasteiger partial charge on any atom is -0.393 e. The molecule has 8 heteroatoms. The Labute approximate surface area is 218 Å². The molecule has 3 fully saturated rings. The molecular formula is C29H39N5O3. The van der Waals surface area contributed by atoms with Crippen molar-refractivity contribution in [2.45, 2.75) is 77.0 Å². The molecule has 0 unspecified atom stereocenters. The van der Waals surface area contributed by atoms with E-state index < -0.39 is 0 Å². The van der Waals surface area contributed by atoms with Gasteiger partial charge in [0.15, 0.2) is 0 Å². The van der Waals surface area contributed by atoms with Crippen LogP contribution in [0, 0.1) is 5.41 Å². The second-order valence-corrected chi connectivity index (χ2v) is 11.4. The number of ether oxygens (including phenoxy) is 1. The SMILES string of the molecule is CCC1(CNc2ncc3c4ccc(CN5CCOCC5)cc4c(=O)n([C@H]4CC[C@H](O)CC4)c3n2)CCC1. The Hall–Kier alpha value is -2.55. The molecule has 2 aromatic heterocycles. The summed E-state index contributed by atoms with van der Waals surface area (Å²) in [5, 5.41) is 16.2. The number of aliphatic hydroxyl groups excluding tert-OH is 1. The molecule has 3 aliphatic rings. The molecule has 8 nitrogen and oxygen atoms in total. The van der Waals surface area contributed by atoms with Crippen LogP contribution in [0.5, 0.6) is 0 Å². The van der Waals surface area contributed by atoms with Gasteiger partial charge in [-0.3, -0.25) is 14.3 Å². The number of rotatable bonds is 7. The van der Waals surface area contributed by atoms with Crippen molar-refractivity contribution in [1.82, 2.24) is 19.4 Å². The summed E-state index contributed by atoms with van der Waals surface area (Å²) in [5.41, 5.74) is 2.21. The van der Waals surface area contributed by atoms with Crippen LogP contribution in [0.4, 0.5) is 5.95 Å². The molecule has 2 N–H and O–H groups in total. The van der Waals surface area contributed by atoms with Gasteiger partial charge in [-0.25, -0.2) is 4.98 Å². The van der Waals surface area contributed by atoms with E-state index in [4.69, 9.17) is 14.7 Å². The van der Waals surface area contributed by atoms with Gasteiger partial charge in [-0.15, -0.1) is 0 Å². The fraction of sp³-hybridized carbons (Fsp3) is 0.621. The second kappa shape index (κ2) is 10.3. The number of benzene rings is 1. The predicted octanol–water partition coefficient (Wildman–Crippen LogP) is 4.25. The van der Waals surface area contributed by atoms with Gasteiger partial charge in [0.25, 0.3) is 5.56 Å². The van der Waals surface area contributed by atoms with Crippen molar-refractivity contribution < 1.29 is 9.84 Å². The predicted molar refractivity (Wildman–Crippen MR) is 146 cm³/mol. The van der Waals surface area contributed by atoms with Crippen molar-refractivity contribution in [3.8, 4) is 0 Å². The first kappa shape index (κ1) is 24.8. The minimum absolute atomic E-state index is 0.0152. The number of hydrogen-bond donors (Lipinski definition) is 2. The summed E-state index contributed by atoms with van der Waals surface area (Å²) in [6, 6.07) is 6.29. The quantitative estimate of drug-likeness (QED) is 0.464. The maximum absolute atomic E-state index is 14.1. The van der Waals surface area contributed by atoms with Gasteiger partial charge in [-0.2, -0.15) is 4.98 Å². The van der Waals surface area contributed by atoms with E-state index >= 15 is 0 Å². The van der Waals surface area contributed by atoms with Gasteiger partial charge >= 0.3 is 0 Å². The number of nitrogens with one attached hydrogen (secondary N) is 1. The van der Waals surface area contributed by atoms with Crippen LogP contribution in [0.3, 0.4) is 0 Å². The average molecular weight is 506 g/mol. The smallest absolute Gasteiger partial charge is 0.260 e. The number of nitrogens with zero attached hydrogens (tertiary/aromatic N) is 4. The summed E-state index contributed by atoms with van der Waals surface area (Å²) in [7, 11) is 0. The van der Waals surface area contributed by atoms with Crippen LogP contribution >= 0.6 is 0 Å². The van der Waals surface area contributed by atoms with E-state index in [1.807, 2.05) is 10.8 Å². The standard InChI is InChI=1S/C29H39N5O3/c1-2-29(10-3-11-29)19-31-28-30-17-25-23-9-4-20(18-33-12-14-37-15-13-33)16-24(23)27(36)34(26(25)32-28)21-5-7-22(35)8-6-21/h4,9,16-17,21-22,35H,2-3,5-8,10-15,18-19H2,1H3,(H,30,31,32)/t21-,22-. The number of pyridine rings is 1. The molecule has 0 radical (unpaired) electrons. The third kappa shape index (κ3) is 4.87. The third-order valence-corrected chi connectivity index (χ3v) is 9.15. The van der Waals surface area contributed by atoms with Crippen molar-refractivity contribution in [1.29, 1.82) is 0 Å². The van der Waals surface area contributed by atoms with Gasteiger partial charge in [0, 0.05) is 49.2 Å². The summed E-state index contributed by atoms with van der Waals surface area (Å²) in [5.74, 6) is 0.597. The van der Waals surface area contributed by atoms with Gasteiger partial charge in [-0.05, 0) is 67.4 Å². The molecule has 0 spiro atoms. The molecular weight excluding hydrogens is 466 g/mol. The first-order valence-corrected chi connectivity index (χ1v) is 14.1. The number of morpholine rings is 1. The molecule has 37 heavy (non-hydrogen) atoms. The van der Waals surface area contributed by atoms with Crippen LogP contribution in [0.15, 0.2) is 29.2 Å². The Bertz CT molecular complexity index is 1320. The molecule has 2 aliphatic carbocycles. The molecule has 3 aromatic rings. The summed E-state index contributed by atoms with van der Waals surface area (Å²) in [6.45, 7) is 7.27. The molecule has 1 aromatic carbocycles. The minimum atomic E-state index is -0.279. The van der Waals surface area contributed by atoms with Crippen molar-refractivity contribution in [2.75, 3.05) is 38.2 Å². The number of aromatic nitrogens is 3. The first-order chi connectivity index (χ1) is 18.0. The molecule has 0 bridgehead atoms. The number of fused-ring (bicyclic) bond motifs is 3. The highest BCUT2D eigenvalue weighted by molar-refractivity contribution is 6.04. The normalized spacial score (nSPS) is 24.3. The highest BCUT2D eigenvalue weighted by atomic mass is 16.5. The summed E-state index contributed by atoms with van der Waals surface area (Å²) < 4.78 is 7.41. The van der Waals surface area contributed by atoms with E-state index in [1.165, 1.54) is 19.3 Å². The van der Waals surface area contributed by atoms with E-state index in [-0.39, 0.29) is 17.7 Å². The zero-order valence-corrected chi connectivity index (χ0v) is 21.9. The largest absolute Gasteiger partial charge is 0.393 e. The van der Waals surface area contributed by atoms with Crippen molar-refractivity contribution >= 4 is 27.8 Å². The summed E-state index contributed by atoms with van der Waals surface area (Å²) >= 11 is 0. The Morgan fingerprint density at radius 1 is 1.11 bits per heavy atom. The zero-order valence-electron chi connectivity index (χ0n) is 21.9. The third-order valence-electron chi connectivity index (χ3n) is 9.15. The molecule has 198 valence electrons. The Balaban J connectivity index is 1.41. The van der Waals surface area contributed by atoms with E-state index in [0.717, 1.165) is 80.4 Å². The topological polar surface area (TPSA) is 92.5 Å². The molecule has 1 aliphatic heterocycles. The Morgan fingerprint density at radius 2 is 1.89 bits per heavy atom. The Kier molecular flexibility index (Phi) is 6.90. The zero-order chi connectivity index (χ0) is 25.4. The van der Waals surface area contributed by atoms with Gasteiger partial charge in [0.2, 0.25) is 5.95 Å². The van der Waals surface area contributed by atoms with Gasteiger partial charge in [0.1, 0.15) is 5.65 Å². The number of anilines is 1. The van der Waals surface area contributed by atoms with E-state index in [1.54, 1.807) is 0 Å². The van der Waals surface area contributed by atoms with Crippen LogP contribution in [0.2, 0.25) is 0 Å². The van der Waals surface area contributed by atoms with E-state index in [0.29, 0.717) is 29.9 Å². The van der Waals surface area contributed by atoms with Crippen molar-refractivity contribution in [2.24, 2.45) is 5.41 Å². The summed E-state index contributed by atoms with van der Waals surface area (Å²) in [4.78, 5) is 26.1. The second-order valence-electron chi connectivity index (χ2n) is 11.4. The monoisotopic (exact) mass is 505 g/mol. The van der Waals surface area contributed by atoms with Crippen LogP contribution in [0.1, 0.15) is 69.9 Å². The van der Waals surface area contributed by atoms with Gasteiger partial charge < -0.3 is 15.2 Å². The fourth-order valence-corrected chi connectivity index (χ4v) is 6.43. The lowest BCUT2D eigenvalue weighted by molar-refractivity contribution is 0.0342. The van der Waals surface area contributed by atoms with Crippen LogP contribution in [-0.2, 0) is 11.3 Å². The maximum atomic E-state index is 14.1. The van der Waals surface area contributed by atoms with Crippen molar-refractivity contribution in [3.63, 3.8) is 0 Å². The van der Waals surface area contributed by atoms with Crippen LogP contribution in [-0.4, -0.2) is 63.5 Å². The molecule has 6 rings (SSSR count). The van der Waals surface area contributed by atoms with Gasteiger partial charge in [0.05, 0.1) is 19.3 Å². The van der Waals surface area contributed by atoms with E-state index in [2.05, 4.69) is 35.3 Å². The highest BCUT2D eigenvalue weighted by Gasteiger charge is 2.35. The lowest BCUT2D eigenvalue weighted by atomic mass is 9.67. The molecule has 1 saturated heterocycles.